The van der Waals surface area contributed by atoms with Crippen LogP contribution in [-0.4, -0.2) is 42.3 Å². The van der Waals surface area contributed by atoms with Crippen LogP contribution in [-0.2, 0) is 14.3 Å². The molecule has 5 heteroatoms. The highest BCUT2D eigenvalue weighted by Gasteiger charge is 2.46. The summed E-state index contributed by atoms with van der Waals surface area (Å²) in [4.78, 5) is 11.8. The average Bonchev–Trinajstić information content (AvgIpc) is 2.97. The highest BCUT2D eigenvalue weighted by Crippen LogP contribution is 2.38. The number of hydrogen-bond donors (Lipinski definition) is 1. The van der Waals surface area contributed by atoms with Gasteiger partial charge in [-0.3, -0.25) is 4.79 Å². The fourth-order valence-electron chi connectivity index (χ4n) is 3.26. The molecule has 0 amide bonds. The van der Waals surface area contributed by atoms with Crippen LogP contribution in [0.3, 0.4) is 0 Å². The van der Waals surface area contributed by atoms with Crippen molar-refractivity contribution in [1.29, 1.82) is 0 Å². The summed E-state index contributed by atoms with van der Waals surface area (Å²) < 4.78 is 10.4. The SMILES string of the molecule is COC(=O)C1(N)CCCC1CCSC1CCOC1C. The second-order valence-corrected chi connectivity index (χ2v) is 7.03. The smallest absolute Gasteiger partial charge is 0.326 e. The van der Waals surface area contributed by atoms with Gasteiger partial charge in [-0.2, -0.15) is 11.8 Å². The third kappa shape index (κ3) is 3.26. The molecule has 0 bridgehead atoms. The predicted molar refractivity (Wildman–Crippen MR) is 77.2 cm³/mol. The first-order valence-electron chi connectivity index (χ1n) is 7.18. The number of nitrogens with two attached hydrogens (primary N) is 1. The van der Waals surface area contributed by atoms with E-state index in [-0.39, 0.29) is 11.9 Å². The topological polar surface area (TPSA) is 61.5 Å². The molecule has 2 aliphatic rings. The van der Waals surface area contributed by atoms with Crippen LogP contribution in [0.25, 0.3) is 0 Å². The molecule has 2 rings (SSSR count). The highest BCUT2D eigenvalue weighted by molar-refractivity contribution is 7.99. The van der Waals surface area contributed by atoms with Crippen molar-refractivity contribution in [2.75, 3.05) is 19.5 Å². The molecule has 0 radical (unpaired) electrons. The molecule has 1 saturated carbocycles. The van der Waals surface area contributed by atoms with Gasteiger partial charge in [0.05, 0.1) is 13.2 Å². The largest absolute Gasteiger partial charge is 0.468 e. The lowest BCUT2D eigenvalue weighted by Gasteiger charge is -2.28. The van der Waals surface area contributed by atoms with E-state index < -0.39 is 5.54 Å². The summed E-state index contributed by atoms with van der Waals surface area (Å²) in [5, 5.41) is 0.603. The Morgan fingerprint density at radius 2 is 2.32 bits per heavy atom. The molecule has 0 spiro atoms. The second kappa shape index (κ2) is 6.46. The van der Waals surface area contributed by atoms with Crippen molar-refractivity contribution in [1.82, 2.24) is 0 Å². The van der Waals surface area contributed by atoms with Gasteiger partial charge in [-0.25, -0.2) is 0 Å². The number of carbonyl (C=O) groups is 1. The van der Waals surface area contributed by atoms with Crippen molar-refractivity contribution in [2.45, 2.75) is 55.9 Å². The van der Waals surface area contributed by atoms with Crippen LogP contribution in [0, 0.1) is 5.92 Å². The first-order chi connectivity index (χ1) is 9.08. The standard InChI is InChI=1S/C14H25NO3S/c1-10-12(5-8-18-10)19-9-6-11-4-3-7-14(11,15)13(16)17-2/h10-12H,3-9,15H2,1-2H3. The Morgan fingerprint density at radius 3 is 2.95 bits per heavy atom. The summed E-state index contributed by atoms with van der Waals surface area (Å²) in [6.07, 6.45) is 5.34. The first kappa shape index (κ1) is 15.1. The van der Waals surface area contributed by atoms with Crippen LogP contribution >= 0.6 is 11.8 Å². The van der Waals surface area contributed by atoms with Gasteiger partial charge in [0, 0.05) is 11.9 Å². The van der Waals surface area contributed by atoms with Crippen molar-refractivity contribution in [3.8, 4) is 0 Å². The monoisotopic (exact) mass is 287 g/mol. The molecule has 1 heterocycles. The maximum absolute atomic E-state index is 11.8. The van der Waals surface area contributed by atoms with E-state index in [0.717, 1.165) is 44.5 Å². The van der Waals surface area contributed by atoms with Gasteiger partial charge in [-0.1, -0.05) is 6.42 Å². The van der Waals surface area contributed by atoms with E-state index in [4.69, 9.17) is 15.2 Å². The van der Waals surface area contributed by atoms with E-state index in [1.165, 1.54) is 7.11 Å². The molecular formula is C14H25NO3S. The third-order valence-corrected chi connectivity index (χ3v) is 6.06. The Labute approximate surface area is 119 Å². The molecule has 2 N–H and O–H groups in total. The Morgan fingerprint density at radius 1 is 1.53 bits per heavy atom. The van der Waals surface area contributed by atoms with Crippen molar-refractivity contribution in [3.05, 3.63) is 0 Å². The van der Waals surface area contributed by atoms with Gasteiger partial charge in [0.1, 0.15) is 5.54 Å². The van der Waals surface area contributed by atoms with Crippen LogP contribution in [0.15, 0.2) is 0 Å². The van der Waals surface area contributed by atoms with E-state index in [2.05, 4.69) is 6.92 Å². The molecule has 4 unspecified atom stereocenters. The molecule has 1 saturated heterocycles. The number of esters is 1. The van der Waals surface area contributed by atoms with Gasteiger partial charge >= 0.3 is 5.97 Å². The van der Waals surface area contributed by atoms with Gasteiger partial charge in [0.25, 0.3) is 0 Å². The van der Waals surface area contributed by atoms with Gasteiger partial charge in [0.2, 0.25) is 0 Å². The maximum Gasteiger partial charge on any atom is 0.326 e. The fourth-order valence-corrected chi connectivity index (χ4v) is 4.59. The van der Waals surface area contributed by atoms with Crippen LogP contribution in [0.2, 0.25) is 0 Å². The molecule has 19 heavy (non-hydrogen) atoms. The Hall–Kier alpha value is -0.260. The summed E-state index contributed by atoms with van der Waals surface area (Å²) >= 11 is 1.97. The minimum Gasteiger partial charge on any atom is -0.468 e. The summed E-state index contributed by atoms with van der Waals surface area (Å²) in [7, 11) is 1.43. The van der Waals surface area contributed by atoms with E-state index in [1.807, 2.05) is 11.8 Å². The highest BCUT2D eigenvalue weighted by atomic mass is 32.2. The molecule has 1 aliphatic heterocycles. The van der Waals surface area contributed by atoms with E-state index in [9.17, 15) is 4.79 Å². The van der Waals surface area contributed by atoms with Gasteiger partial charge in [0.15, 0.2) is 0 Å². The Balaban J connectivity index is 1.80. The first-order valence-corrected chi connectivity index (χ1v) is 8.23. The molecule has 0 aromatic heterocycles. The van der Waals surface area contributed by atoms with Crippen LogP contribution in [0.4, 0.5) is 0 Å². The van der Waals surface area contributed by atoms with Crippen molar-refractivity contribution < 1.29 is 14.3 Å². The number of hydrogen-bond acceptors (Lipinski definition) is 5. The molecule has 110 valence electrons. The summed E-state index contributed by atoms with van der Waals surface area (Å²) in [5.41, 5.74) is 5.53. The van der Waals surface area contributed by atoms with Crippen molar-refractivity contribution >= 4 is 17.7 Å². The van der Waals surface area contributed by atoms with Crippen LogP contribution in [0.5, 0.6) is 0 Å². The summed E-state index contributed by atoms with van der Waals surface area (Å²) in [5.74, 6) is 1.08. The number of methoxy groups -OCH3 is 1. The summed E-state index contributed by atoms with van der Waals surface area (Å²) in [6, 6.07) is 0. The Bertz CT molecular complexity index is 326. The van der Waals surface area contributed by atoms with Crippen molar-refractivity contribution in [3.63, 3.8) is 0 Å². The fraction of sp³-hybridized carbons (Fsp3) is 0.929. The zero-order valence-corrected chi connectivity index (χ0v) is 12.7. The normalized spacial score (nSPS) is 38.6. The lowest BCUT2D eigenvalue weighted by Crippen LogP contribution is -2.51. The van der Waals surface area contributed by atoms with Gasteiger partial charge in [-0.05, 0) is 44.3 Å². The minimum atomic E-state index is -0.743. The molecular weight excluding hydrogens is 262 g/mol. The number of carbonyl (C=O) groups excluding carboxylic acids is 1. The summed E-state index contributed by atoms with van der Waals surface area (Å²) in [6.45, 7) is 3.02. The van der Waals surface area contributed by atoms with E-state index >= 15 is 0 Å². The minimum absolute atomic E-state index is 0.238. The van der Waals surface area contributed by atoms with Gasteiger partial charge < -0.3 is 15.2 Å². The zero-order valence-electron chi connectivity index (χ0n) is 11.9. The Kier molecular flexibility index (Phi) is 5.15. The molecule has 0 aromatic carbocycles. The van der Waals surface area contributed by atoms with Gasteiger partial charge in [-0.15, -0.1) is 0 Å². The quantitative estimate of drug-likeness (QED) is 0.783. The van der Waals surface area contributed by atoms with E-state index in [0.29, 0.717) is 11.4 Å². The van der Waals surface area contributed by atoms with Crippen molar-refractivity contribution in [2.24, 2.45) is 11.7 Å². The molecule has 2 fully saturated rings. The zero-order chi connectivity index (χ0) is 13.9. The lowest BCUT2D eigenvalue weighted by atomic mass is 9.86. The number of thioether (sulfide) groups is 1. The number of rotatable bonds is 5. The third-order valence-electron chi connectivity index (χ3n) is 4.54. The second-order valence-electron chi connectivity index (χ2n) is 5.68. The maximum atomic E-state index is 11.8. The van der Waals surface area contributed by atoms with Crippen LogP contribution < -0.4 is 5.73 Å². The predicted octanol–water partition coefficient (Wildman–Crippen LogP) is 1.96. The molecule has 1 aliphatic carbocycles. The average molecular weight is 287 g/mol. The molecule has 0 aromatic rings. The molecule has 4 nitrogen and oxygen atoms in total. The van der Waals surface area contributed by atoms with Crippen LogP contribution in [0.1, 0.15) is 39.0 Å². The molecule has 4 atom stereocenters. The lowest BCUT2D eigenvalue weighted by molar-refractivity contribution is -0.148. The van der Waals surface area contributed by atoms with E-state index in [1.54, 1.807) is 0 Å². The number of ether oxygens (including phenoxy) is 2.